The Morgan fingerprint density at radius 1 is 1.43 bits per heavy atom. The van der Waals surface area contributed by atoms with E-state index in [1.165, 1.54) is 0 Å². The molecular weight excluding hydrogens is 264 g/mol. The van der Waals surface area contributed by atoms with Crippen LogP contribution in [0.15, 0.2) is 24.3 Å². The van der Waals surface area contributed by atoms with Gasteiger partial charge in [-0.1, -0.05) is 31.5 Å². The molecule has 0 spiro atoms. The van der Waals surface area contributed by atoms with Gasteiger partial charge in [0.1, 0.15) is 5.75 Å². The van der Waals surface area contributed by atoms with E-state index in [-0.39, 0.29) is 11.9 Å². The second-order valence-corrected chi connectivity index (χ2v) is 5.95. The number of methoxy groups -OCH3 is 1. The first-order valence-corrected chi connectivity index (χ1v) is 7.51. The van der Waals surface area contributed by atoms with Crippen LogP contribution in [0.2, 0.25) is 0 Å². The molecule has 1 aromatic rings. The number of nitrogens with zero attached hydrogens (tertiary/aromatic N) is 1. The van der Waals surface area contributed by atoms with Crippen molar-refractivity contribution in [3.05, 3.63) is 29.8 Å². The van der Waals surface area contributed by atoms with Crippen LogP contribution in [0.25, 0.3) is 0 Å². The standard InChI is InChI=1S/C17H28N2O2/c1-6-11-17(3,18)16(20)19(4)13(2)12-14-9-7-8-10-15(14)21-5/h7-10,13H,6,11-12,18H2,1-5H3. The summed E-state index contributed by atoms with van der Waals surface area (Å²) in [6.07, 6.45) is 2.33. The number of carbonyl (C=O) groups is 1. The second kappa shape index (κ2) is 7.46. The predicted octanol–water partition coefficient (Wildman–Crippen LogP) is 2.60. The molecule has 2 N–H and O–H groups in total. The minimum absolute atomic E-state index is 0.00764. The molecule has 1 amide bonds. The van der Waals surface area contributed by atoms with Crippen molar-refractivity contribution in [1.82, 2.24) is 4.90 Å². The Morgan fingerprint density at radius 3 is 2.62 bits per heavy atom. The van der Waals surface area contributed by atoms with Crippen molar-refractivity contribution in [3.8, 4) is 5.75 Å². The molecule has 0 heterocycles. The predicted molar refractivity (Wildman–Crippen MR) is 86.4 cm³/mol. The quantitative estimate of drug-likeness (QED) is 0.840. The maximum atomic E-state index is 12.5. The van der Waals surface area contributed by atoms with Gasteiger partial charge < -0.3 is 15.4 Å². The van der Waals surface area contributed by atoms with E-state index in [1.807, 2.05) is 52.1 Å². The number of hydrogen-bond donors (Lipinski definition) is 1. The molecular formula is C17H28N2O2. The van der Waals surface area contributed by atoms with Crippen LogP contribution in [-0.4, -0.2) is 36.5 Å². The third-order valence-electron chi connectivity index (χ3n) is 3.95. The van der Waals surface area contributed by atoms with E-state index in [4.69, 9.17) is 10.5 Å². The van der Waals surface area contributed by atoms with E-state index in [1.54, 1.807) is 12.0 Å². The van der Waals surface area contributed by atoms with Crippen LogP contribution in [0.5, 0.6) is 5.75 Å². The number of likely N-dealkylation sites (N-methyl/N-ethyl adjacent to an activating group) is 1. The fraction of sp³-hybridized carbons (Fsp3) is 0.588. The summed E-state index contributed by atoms with van der Waals surface area (Å²) in [5, 5.41) is 0. The van der Waals surface area contributed by atoms with Gasteiger partial charge in [-0.3, -0.25) is 4.79 Å². The van der Waals surface area contributed by atoms with Crippen molar-refractivity contribution >= 4 is 5.91 Å². The molecule has 21 heavy (non-hydrogen) atoms. The number of benzene rings is 1. The molecule has 1 rings (SSSR count). The molecule has 0 aliphatic heterocycles. The van der Waals surface area contributed by atoms with Crippen LogP contribution in [0.1, 0.15) is 39.2 Å². The molecule has 2 atom stereocenters. The zero-order valence-electron chi connectivity index (χ0n) is 13.8. The van der Waals surface area contributed by atoms with Gasteiger partial charge in [0.2, 0.25) is 5.91 Å². The molecule has 2 unspecified atom stereocenters. The Kier molecular flexibility index (Phi) is 6.21. The van der Waals surface area contributed by atoms with Crippen LogP contribution in [-0.2, 0) is 11.2 Å². The molecule has 118 valence electrons. The van der Waals surface area contributed by atoms with Crippen LogP contribution >= 0.6 is 0 Å². The summed E-state index contributed by atoms with van der Waals surface area (Å²) in [6, 6.07) is 7.96. The minimum atomic E-state index is -0.793. The van der Waals surface area contributed by atoms with Gasteiger partial charge in [0, 0.05) is 13.1 Å². The van der Waals surface area contributed by atoms with Gasteiger partial charge in [-0.2, -0.15) is 0 Å². The minimum Gasteiger partial charge on any atom is -0.496 e. The number of carbonyl (C=O) groups excluding carboxylic acids is 1. The zero-order chi connectivity index (χ0) is 16.0. The fourth-order valence-corrected chi connectivity index (χ4v) is 2.56. The van der Waals surface area contributed by atoms with E-state index < -0.39 is 5.54 Å². The molecule has 4 heteroatoms. The van der Waals surface area contributed by atoms with Crippen molar-refractivity contribution < 1.29 is 9.53 Å². The average Bonchev–Trinajstić information content (AvgIpc) is 2.46. The first-order valence-electron chi connectivity index (χ1n) is 7.51. The molecule has 4 nitrogen and oxygen atoms in total. The Hall–Kier alpha value is -1.55. The van der Waals surface area contributed by atoms with Crippen molar-refractivity contribution in [2.45, 2.75) is 51.6 Å². The number of para-hydroxylation sites is 1. The van der Waals surface area contributed by atoms with Crippen molar-refractivity contribution in [2.75, 3.05) is 14.2 Å². The number of ether oxygens (including phenoxy) is 1. The monoisotopic (exact) mass is 292 g/mol. The van der Waals surface area contributed by atoms with Gasteiger partial charge in [0.05, 0.1) is 12.6 Å². The van der Waals surface area contributed by atoms with Gasteiger partial charge in [-0.05, 0) is 38.3 Å². The van der Waals surface area contributed by atoms with Crippen molar-refractivity contribution in [3.63, 3.8) is 0 Å². The van der Waals surface area contributed by atoms with Crippen molar-refractivity contribution in [1.29, 1.82) is 0 Å². The van der Waals surface area contributed by atoms with Gasteiger partial charge >= 0.3 is 0 Å². The van der Waals surface area contributed by atoms with Gasteiger partial charge in [0.15, 0.2) is 0 Å². The third-order valence-corrected chi connectivity index (χ3v) is 3.95. The smallest absolute Gasteiger partial charge is 0.242 e. The summed E-state index contributed by atoms with van der Waals surface area (Å²) in [5.41, 5.74) is 6.45. The molecule has 1 aromatic carbocycles. The second-order valence-electron chi connectivity index (χ2n) is 5.95. The Balaban J connectivity index is 2.79. The van der Waals surface area contributed by atoms with Crippen LogP contribution in [0, 0.1) is 0 Å². The summed E-state index contributed by atoms with van der Waals surface area (Å²) in [4.78, 5) is 14.3. The lowest BCUT2D eigenvalue weighted by Gasteiger charge is -2.33. The molecule has 0 aromatic heterocycles. The summed E-state index contributed by atoms with van der Waals surface area (Å²) in [7, 11) is 3.49. The highest BCUT2D eigenvalue weighted by Gasteiger charge is 2.32. The van der Waals surface area contributed by atoms with E-state index in [2.05, 4.69) is 0 Å². The molecule has 0 saturated heterocycles. The average molecular weight is 292 g/mol. The fourth-order valence-electron chi connectivity index (χ4n) is 2.56. The maximum Gasteiger partial charge on any atom is 0.242 e. The van der Waals surface area contributed by atoms with Gasteiger partial charge in [0.25, 0.3) is 0 Å². The Bertz CT molecular complexity index is 472. The highest BCUT2D eigenvalue weighted by molar-refractivity contribution is 5.85. The summed E-state index contributed by atoms with van der Waals surface area (Å²) in [5.74, 6) is 0.848. The number of nitrogens with two attached hydrogens (primary N) is 1. The largest absolute Gasteiger partial charge is 0.496 e. The first kappa shape index (κ1) is 17.5. The molecule has 0 aliphatic rings. The van der Waals surface area contributed by atoms with E-state index in [0.29, 0.717) is 6.42 Å². The lowest BCUT2D eigenvalue weighted by Crippen LogP contribution is -2.54. The highest BCUT2D eigenvalue weighted by Crippen LogP contribution is 2.21. The lowest BCUT2D eigenvalue weighted by atomic mass is 9.94. The van der Waals surface area contributed by atoms with Crippen molar-refractivity contribution in [2.24, 2.45) is 5.73 Å². The van der Waals surface area contributed by atoms with Gasteiger partial charge in [-0.15, -0.1) is 0 Å². The first-order chi connectivity index (χ1) is 9.83. The molecule has 0 bridgehead atoms. The summed E-state index contributed by atoms with van der Waals surface area (Å²) < 4.78 is 5.36. The van der Waals surface area contributed by atoms with E-state index >= 15 is 0 Å². The number of rotatable bonds is 7. The van der Waals surface area contributed by atoms with Gasteiger partial charge in [-0.25, -0.2) is 0 Å². The third kappa shape index (κ3) is 4.46. The van der Waals surface area contributed by atoms with Crippen LogP contribution in [0.4, 0.5) is 0 Å². The topological polar surface area (TPSA) is 55.6 Å². The zero-order valence-corrected chi connectivity index (χ0v) is 13.8. The lowest BCUT2D eigenvalue weighted by molar-refractivity contribution is -0.137. The van der Waals surface area contributed by atoms with Crippen LogP contribution < -0.4 is 10.5 Å². The van der Waals surface area contributed by atoms with E-state index in [9.17, 15) is 4.79 Å². The van der Waals surface area contributed by atoms with Crippen LogP contribution in [0.3, 0.4) is 0 Å². The molecule has 0 radical (unpaired) electrons. The normalized spacial score (nSPS) is 15.1. The molecule has 0 fully saturated rings. The maximum absolute atomic E-state index is 12.5. The summed E-state index contributed by atoms with van der Waals surface area (Å²) >= 11 is 0. The highest BCUT2D eigenvalue weighted by atomic mass is 16.5. The SMILES string of the molecule is CCCC(C)(N)C(=O)N(C)C(C)Cc1ccccc1OC. The Labute approximate surface area is 128 Å². The molecule has 0 saturated carbocycles. The Morgan fingerprint density at radius 2 is 2.05 bits per heavy atom. The van der Waals surface area contributed by atoms with E-state index in [0.717, 1.165) is 24.2 Å². The number of hydrogen-bond acceptors (Lipinski definition) is 3. The summed E-state index contributed by atoms with van der Waals surface area (Å²) in [6.45, 7) is 5.88. The molecule has 0 aliphatic carbocycles. The number of amides is 1.